The van der Waals surface area contributed by atoms with Gasteiger partial charge in [-0.15, -0.1) is 0 Å². The molecule has 0 bridgehead atoms. The van der Waals surface area contributed by atoms with Gasteiger partial charge in [-0.25, -0.2) is 9.59 Å². The van der Waals surface area contributed by atoms with E-state index in [9.17, 15) is 39.6 Å². The van der Waals surface area contributed by atoms with Gasteiger partial charge in [0.15, 0.2) is 34.3 Å². The Morgan fingerprint density at radius 3 is 2.02 bits per heavy atom. The van der Waals surface area contributed by atoms with Gasteiger partial charge in [-0.3, -0.25) is 38.4 Å². The largest absolute Gasteiger partial charge is 0.481 e. The van der Waals surface area contributed by atoms with E-state index in [1.165, 1.54) is 0 Å². The van der Waals surface area contributed by atoms with Crippen molar-refractivity contribution in [2.45, 2.75) is 129 Å². The molecule has 0 spiro atoms. The molecule has 32 aliphatic rings. The van der Waals surface area contributed by atoms with Gasteiger partial charge in [0.2, 0.25) is 5.60 Å². The van der Waals surface area contributed by atoms with Crippen LogP contribution in [-0.2, 0) is 103 Å². The second-order valence-electron chi connectivity index (χ2n) is 44.1. The molecule has 15 atom stereocenters. The molecule has 26 aliphatic carbocycles. The maximum Gasteiger partial charge on any atom is 0.346 e. The number of hydrogen-bond acceptors (Lipinski definition) is 22. The zero-order valence-electron chi connectivity index (χ0n) is 72.9. The minimum Gasteiger partial charge on any atom is -0.481 e. The van der Waals surface area contributed by atoms with E-state index >= 15 is 28.8 Å². The zero-order chi connectivity index (χ0) is 92.6. The third-order valence-electron chi connectivity index (χ3n) is 40.2. The summed E-state index contributed by atoms with van der Waals surface area (Å²) in [5.74, 6) is -14.9. The number of nitrogen functional groups attached to an aromatic ring is 1. The number of aliphatic carboxylic acids is 4. The Balaban J connectivity index is 0.813. The van der Waals surface area contributed by atoms with Crippen LogP contribution in [0.3, 0.4) is 0 Å². The first-order valence-electron chi connectivity index (χ1n) is 48.1. The number of nitrogens with two attached hydrogens (primary N) is 4. The predicted octanol–water partition coefficient (Wildman–Crippen LogP) is 7.22. The molecule has 0 fully saturated rings. The fraction of sp³-hybridized carbons (Fsp3) is 0.228. The summed E-state index contributed by atoms with van der Waals surface area (Å²) in [4.78, 5) is 188. The summed E-state index contributed by atoms with van der Waals surface area (Å²) in [5, 5.41) is 57.6. The lowest BCUT2D eigenvalue weighted by molar-refractivity contribution is -0.332. The van der Waals surface area contributed by atoms with Crippen molar-refractivity contribution < 1.29 is 97.4 Å². The summed E-state index contributed by atoms with van der Waals surface area (Å²) >= 11 is 0. The molecule has 15 unspecified atom stereocenters. The highest BCUT2D eigenvalue weighted by Gasteiger charge is 2.76. The predicted molar refractivity (Wildman–Crippen MR) is 491 cm³/mol. The molecule has 39 rings (SSSR count). The third kappa shape index (κ3) is 6.06. The molecule has 0 amide bonds. The lowest BCUT2D eigenvalue weighted by atomic mass is 9.43. The fourth-order valence-corrected chi connectivity index (χ4v) is 37.5. The zero-order valence-corrected chi connectivity index (χ0v) is 72.9. The van der Waals surface area contributed by atoms with Crippen LogP contribution in [-0.4, -0.2) is 113 Å². The lowest BCUT2D eigenvalue weighted by Crippen LogP contribution is -2.64. The number of anilines is 1. The Hall–Kier alpha value is -16.0. The molecule has 0 saturated carbocycles. The maximum absolute atomic E-state index is 18.2. The van der Waals surface area contributed by atoms with E-state index in [2.05, 4.69) is 35.1 Å². The van der Waals surface area contributed by atoms with Crippen molar-refractivity contribution in [1.82, 2.24) is 9.80 Å². The number of benzene rings is 7. The number of aryl methyl sites for hydroxylation is 1. The van der Waals surface area contributed by atoms with E-state index < -0.39 is 154 Å². The molecule has 7 aromatic rings. The summed E-state index contributed by atoms with van der Waals surface area (Å²) in [6.07, 6.45) is 1.97. The van der Waals surface area contributed by atoms with Gasteiger partial charge < -0.3 is 72.4 Å². The van der Waals surface area contributed by atoms with E-state index in [1.54, 1.807) is 0 Å². The Labute approximate surface area is 783 Å². The van der Waals surface area contributed by atoms with E-state index in [0.717, 1.165) is 234 Å². The number of carbonyl (C=O) groups is 10. The molecule has 140 heavy (non-hydrogen) atoms. The van der Waals surface area contributed by atoms with Gasteiger partial charge in [0.05, 0.1) is 59.7 Å². The van der Waals surface area contributed by atoms with E-state index in [1.807, 2.05) is 30.3 Å². The van der Waals surface area contributed by atoms with Crippen LogP contribution in [0, 0.1) is 29.6 Å². The first kappa shape index (κ1) is 71.5. The summed E-state index contributed by atoms with van der Waals surface area (Å²) < 4.78 is 13.1. The first-order chi connectivity index (χ1) is 68.0. The highest BCUT2D eigenvalue weighted by molar-refractivity contribution is 6.35. The SMILES string of the molecule is C=COOC1(C(=O)O)CC2=c3cc4c5c6c3=C3C7=C8c9c(c(N)cc%10c9C(=C1C(=O)C%10)C72)Cc1c8c2c7c8c9c%10c(cc18)CC(N)=C1CC(CC(=O)O)(OC=O)C8=C(C%11=C9C9C7=C7C%12=C%13C(=C6N7C32)C2C5=C3c5c(ccc6c7c%14c(c2c56)=C%13C2=C5C6=c%13c(c%11c(cc%13=C%11CC(CC(=O)O)(OC=O)C%13=C%15C%16=C%17C(=C(CC7)C=%14C2C%17=C6C%15%11)C(N)C=C%16CC%13=O)C8=O)C9N%125)C(N)C(=O)C3C4(OOC=C)C(=O)O)C1%10. The van der Waals surface area contributed by atoms with Crippen LogP contribution in [0.4, 0.5) is 5.69 Å². The number of rotatable bonds is 16. The van der Waals surface area contributed by atoms with Gasteiger partial charge >= 0.3 is 23.9 Å². The number of allylic oxidation sites excluding steroid dienone is 14. The van der Waals surface area contributed by atoms with Crippen LogP contribution in [0.2, 0.25) is 0 Å². The molecule has 666 valence electrons. The van der Waals surface area contributed by atoms with Crippen LogP contribution in [0.1, 0.15) is 197 Å². The maximum atomic E-state index is 18.2. The highest BCUT2D eigenvalue weighted by Crippen LogP contribution is 2.84. The molecular weight excluding hydrogens is 1770 g/mol. The Kier molecular flexibility index (Phi) is 10.4. The fourth-order valence-electron chi connectivity index (χ4n) is 37.5. The third-order valence-corrected chi connectivity index (χ3v) is 40.2. The minimum atomic E-state index is -2.86. The summed E-state index contributed by atoms with van der Waals surface area (Å²) in [5.41, 5.74) is 61.9. The average Bonchev–Trinajstić information content (AvgIpc) is 0.600. The van der Waals surface area contributed by atoms with Crippen LogP contribution in [0.5, 0.6) is 0 Å². The van der Waals surface area contributed by atoms with Gasteiger partial charge in [0.1, 0.15) is 12.5 Å². The van der Waals surface area contributed by atoms with Gasteiger partial charge in [-0.05, 0) is 323 Å². The second kappa shape index (κ2) is 20.3. The van der Waals surface area contributed by atoms with Crippen molar-refractivity contribution in [2.24, 2.45) is 46.8 Å². The molecule has 6 aliphatic heterocycles. The van der Waals surface area contributed by atoms with Crippen LogP contribution in [0.15, 0.2) is 186 Å². The van der Waals surface area contributed by atoms with Crippen molar-refractivity contribution in [1.29, 1.82) is 0 Å². The molecular formula is C114H60N6O20. The minimum absolute atomic E-state index is 0.00567. The van der Waals surface area contributed by atoms with Crippen molar-refractivity contribution in [3.8, 4) is 0 Å². The van der Waals surface area contributed by atoms with Crippen LogP contribution in [0.25, 0.3) is 99.7 Å². The molecule has 0 aromatic heterocycles. The normalized spacial score (nSPS) is 32.2. The smallest absolute Gasteiger partial charge is 0.346 e. The number of Topliss-reactive ketones (excluding diaryl/α,β-unsaturated/α-hetero) is 4. The molecule has 0 radical (unpaired) electrons. The van der Waals surface area contributed by atoms with Gasteiger partial charge in [0.25, 0.3) is 18.5 Å². The Morgan fingerprint density at radius 1 is 0.493 bits per heavy atom. The van der Waals surface area contributed by atoms with Gasteiger partial charge in [-0.1, -0.05) is 37.4 Å². The van der Waals surface area contributed by atoms with Gasteiger partial charge in [0, 0.05) is 142 Å². The molecule has 12 N–H and O–H groups in total. The summed E-state index contributed by atoms with van der Waals surface area (Å²) in [6, 6.07) is 8.05. The van der Waals surface area contributed by atoms with Crippen LogP contribution < -0.4 is 54.2 Å². The van der Waals surface area contributed by atoms with Gasteiger partial charge in [-0.2, -0.15) is 9.78 Å². The topological polar surface area (TPSA) is 418 Å². The van der Waals surface area contributed by atoms with Crippen LogP contribution >= 0.6 is 0 Å². The van der Waals surface area contributed by atoms with E-state index in [-0.39, 0.29) is 79.3 Å². The number of nitrogens with zero attached hydrogens (tertiary/aromatic N) is 2. The van der Waals surface area contributed by atoms with E-state index in [4.69, 9.17) is 52.0 Å². The number of ether oxygens (including phenoxy) is 2. The average molecular weight is 1830 g/mol. The van der Waals surface area contributed by atoms with Crippen molar-refractivity contribution in [3.63, 3.8) is 0 Å². The quantitative estimate of drug-likeness (QED) is 0.0155. The molecule has 6 heterocycles. The second-order valence-corrected chi connectivity index (χ2v) is 44.1. The number of carbonyl (C=O) groups excluding carboxylic acids is 6. The Bertz CT molecular complexity index is 9930. The molecule has 26 nitrogen and oxygen atoms in total. The van der Waals surface area contributed by atoms with Crippen molar-refractivity contribution in [3.05, 3.63) is 334 Å². The number of hydrogen-bond donors (Lipinski definition) is 8. The Morgan fingerprint density at radius 2 is 1.24 bits per heavy atom. The monoisotopic (exact) mass is 1830 g/mol. The number of ketones is 4. The number of fused-ring (bicyclic) bond motifs is 2. The van der Waals surface area contributed by atoms with E-state index in [0.29, 0.717) is 135 Å². The number of carboxylic acids is 4. The highest BCUT2D eigenvalue weighted by atomic mass is 17.2. The van der Waals surface area contributed by atoms with Crippen molar-refractivity contribution >= 4 is 165 Å². The molecule has 7 aromatic carbocycles. The summed E-state index contributed by atoms with van der Waals surface area (Å²) in [7, 11) is 0. The summed E-state index contributed by atoms with van der Waals surface area (Å²) in [6.45, 7) is 8.32. The molecule has 26 heteroatoms. The number of carboxylic acid groups (broad SMARTS) is 4. The lowest BCUT2D eigenvalue weighted by Gasteiger charge is -2.68. The van der Waals surface area contributed by atoms with Crippen molar-refractivity contribution in [2.75, 3.05) is 5.73 Å². The first-order valence-corrected chi connectivity index (χ1v) is 48.1. The standard InChI is InChI=1S/C114H60N6O20/c1-3-137-139-113(109(131)132)20-39-35-17-41-66-77-80-70-54-29(6-8-31-56(54)85(77)99(108(130)100(31)118)114(41,110(133)134)140-138-4-2)28-5-7-30-52-44(117)12-27-13-45(123)96-82-51(27)67(52)78-73-55(30)53(28)71(70)81-91(73)104-89-59-34(38(63(82)75(78)89)18-111(96,135-23-121)21-47(125)126)16-37-62-72-79-68-49-25(10-43(116)40-19-112(136-24-122,22-48(127)128)98(107(37)129)84(72)65(40)49)9-32-33-15-36-42(115)11-26-14-46(124)97(113)83-50(26)61(36)69-58(33)88-76(57(32)68)94-92(79)101(86(59)62)119(104)106-95(81)93(80)102-87(66)60(35)90(74(69)64(39)83)103(88)120(102)105(94)106/h3-4,6,8-9,11-12,16-17,23-24,44,63-65,73,80,92,99-101,103H,1-2,5,7,10,13-15,18-22,115-118H2,(H,125,126)(H,127,128)(H,131,132)(H,133,134). The molecule has 0 saturated heterocycles.